The second-order valence-corrected chi connectivity index (χ2v) is 8.06. The van der Waals surface area contributed by atoms with E-state index in [0.717, 1.165) is 17.8 Å². The van der Waals surface area contributed by atoms with Gasteiger partial charge >= 0.3 is 6.18 Å². The highest BCUT2D eigenvalue weighted by Gasteiger charge is 2.35. The molecule has 0 aliphatic heterocycles. The molecule has 3 rings (SSSR count). The molecular weight excluding hydrogens is 465 g/mol. The largest absolute Gasteiger partial charge is 0.416 e. The molecule has 1 aliphatic carbocycles. The summed E-state index contributed by atoms with van der Waals surface area (Å²) in [6.45, 7) is -0.0853. The van der Waals surface area contributed by atoms with Crippen molar-refractivity contribution >= 4 is 23.4 Å². The van der Waals surface area contributed by atoms with E-state index < -0.39 is 34.0 Å². The molecule has 0 saturated carbocycles. The van der Waals surface area contributed by atoms with E-state index >= 15 is 0 Å². The van der Waals surface area contributed by atoms with Gasteiger partial charge in [0.15, 0.2) is 11.5 Å². The summed E-state index contributed by atoms with van der Waals surface area (Å²) in [7, 11) is 1.77. The molecule has 7 nitrogen and oxygen atoms in total. The number of aryl methyl sites for hydroxylation is 1. The molecule has 1 atom stereocenters. The van der Waals surface area contributed by atoms with Gasteiger partial charge in [-0.05, 0) is 55.3 Å². The molecule has 0 spiro atoms. The first-order valence-corrected chi connectivity index (χ1v) is 10.7. The molecule has 0 saturated heterocycles. The first-order chi connectivity index (χ1) is 16.6. The Bertz CT molecular complexity index is 1130. The monoisotopic (exact) mass is 488 g/mol. The molecule has 2 aromatic rings. The van der Waals surface area contributed by atoms with Crippen LogP contribution in [0.4, 0.5) is 24.5 Å². The van der Waals surface area contributed by atoms with Gasteiger partial charge < -0.3 is 14.4 Å². The lowest BCUT2D eigenvalue weighted by Crippen LogP contribution is -2.48. The smallest absolute Gasteiger partial charge is 0.348 e. The summed E-state index contributed by atoms with van der Waals surface area (Å²) in [5, 5.41) is 11.3. The summed E-state index contributed by atoms with van der Waals surface area (Å²) < 4.78 is 44.9. The van der Waals surface area contributed by atoms with Crippen molar-refractivity contribution in [2.24, 2.45) is 5.92 Å². The molecule has 0 bridgehead atoms. The number of alkyl halides is 3. The van der Waals surface area contributed by atoms with E-state index in [1.165, 1.54) is 12.2 Å². The van der Waals surface area contributed by atoms with Crippen LogP contribution in [0.15, 0.2) is 72.8 Å². The summed E-state index contributed by atoms with van der Waals surface area (Å²) in [5.74, 6) is -0.912. The van der Waals surface area contributed by atoms with Crippen LogP contribution in [0, 0.1) is 16.0 Å². The number of carbonyl (C=O) groups excluding carboxylic acids is 2. The van der Waals surface area contributed by atoms with Crippen molar-refractivity contribution in [2.45, 2.75) is 24.7 Å². The van der Waals surface area contributed by atoms with Crippen LogP contribution >= 0.6 is 0 Å². The second kappa shape index (κ2) is 10.6. The maximum absolute atomic E-state index is 12.9. The number of allylic oxidation sites excluding steroid dienone is 2. The number of anilines is 1. The number of likely N-dealkylation sites (N-methyl/N-ethyl adjacent to an activating group) is 1. The summed E-state index contributed by atoms with van der Waals surface area (Å²) >= 11 is 0. The zero-order valence-electron chi connectivity index (χ0n) is 18.8. The number of nitro groups is 1. The number of ketones is 1. The Morgan fingerprint density at radius 2 is 1.80 bits per heavy atom. The average molecular weight is 488 g/mol. The van der Waals surface area contributed by atoms with Crippen molar-refractivity contribution in [1.29, 1.82) is 0 Å². The molecule has 0 N–H and O–H groups in total. The molecule has 35 heavy (non-hydrogen) atoms. The third kappa shape index (κ3) is 6.21. The third-order valence-corrected chi connectivity index (χ3v) is 5.76. The van der Waals surface area contributed by atoms with Crippen LogP contribution in [0.1, 0.15) is 17.5 Å². The van der Waals surface area contributed by atoms with Gasteiger partial charge in [-0.1, -0.05) is 24.3 Å². The number of rotatable bonds is 10. The molecular formula is C25H23F3N2O5. The summed E-state index contributed by atoms with van der Waals surface area (Å²) in [4.78, 5) is 35.7. The maximum Gasteiger partial charge on any atom is 0.416 e. The van der Waals surface area contributed by atoms with Crippen LogP contribution in [0.2, 0.25) is 0 Å². The van der Waals surface area contributed by atoms with Crippen molar-refractivity contribution < 1.29 is 32.4 Å². The van der Waals surface area contributed by atoms with E-state index in [-0.39, 0.29) is 30.8 Å². The fourth-order valence-corrected chi connectivity index (χ4v) is 3.68. The predicted octanol–water partition coefficient (Wildman–Crippen LogP) is 4.91. The Morgan fingerprint density at radius 3 is 2.37 bits per heavy atom. The van der Waals surface area contributed by atoms with E-state index in [1.54, 1.807) is 24.1 Å². The second-order valence-electron chi connectivity index (χ2n) is 8.06. The van der Waals surface area contributed by atoms with Crippen LogP contribution in [-0.2, 0) is 26.9 Å². The molecule has 0 amide bonds. The van der Waals surface area contributed by atoms with Gasteiger partial charge in [-0.3, -0.25) is 14.9 Å². The lowest BCUT2D eigenvalue weighted by molar-refractivity contribution is -0.385. The molecule has 1 unspecified atom stereocenters. The number of nitrogens with zero attached hydrogens (tertiary/aromatic N) is 2. The molecule has 0 fully saturated rings. The molecule has 1 aliphatic rings. The third-order valence-electron chi connectivity index (χ3n) is 5.76. The lowest BCUT2D eigenvalue weighted by Gasteiger charge is -2.40. The number of hydrogen-bond acceptors (Lipinski definition) is 6. The molecule has 0 radical (unpaired) electrons. The summed E-state index contributed by atoms with van der Waals surface area (Å²) in [5.41, 5.74) is -2.04. The quantitative estimate of drug-likeness (QED) is 0.204. The van der Waals surface area contributed by atoms with Gasteiger partial charge in [-0.25, -0.2) is 0 Å². The van der Waals surface area contributed by atoms with Crippen molar-refractivity contribution in [3.8, 4) is 0 Å². The number of benzene rings is 2. The normalized spacial score (nSPS) is 15.6. The van der Waals surface area contributed by atoms with Gasteiger partial charge in [0.2, 0.25) is 0 Å². The Morgan fingerprint density at radius 1 is 1.14 bits per heavy atom. The summed E-state index contributed by atoms with van der Waals surface area (Å²) in [6, 6.07) is 11.6. The number of hydrogen-bond donors (Lipinski definition) is 0. The van der Waals surface area contributed by atoms with E-state index in [9.17, 15) is 32.9 Å². The molecule has 184 valence electrons. The zero-order chi connectivity index (χ0) is 25.6. The van der Waals surface area contributed by atoms with Crippen molar-refractivity contribution in [3.63, 3.8) is 0 Å². The number of para-hydroxylation sites is 1. The highest BCUT2D eigenvalue weighted by molar-refractivity contribution is 6.00. The number of nitro benzene ring substituents is 1. The van der Waals surface area contributed by atoms with Crippen LogP contribution < -0.4 is 4.90 Å². The average Bonchev–Trinajstić information content (AvgIpc) is 2.84. The van der Waals surface area contributed by atoms with Gasteiger partial charge in [-0.15, -0.1) is 0 Å². The number of carbonyl (C=O) groups is 2. The summed E-state index contributed by atoms with van der Waals surface area (Å²) in [6.07, 6.45) is 1.94. The number of ether oxygens (including phenoxy) is 1. The van der Waals surface area contributed by atoms with Gasteiger partial charge in [0, 0.05) is 30.3 Å². The Balaban J connectivity index is 1.75. The first kappa shape index (κ1) is 25.8. The fourth-order valence-electron chi connectivity index (χ4n) is 3.68. The van der Waals surface area contributed by atoms with Gasteiger partial charge in [0.25, 0.3) is 5.69 Å². The Hall–Kier alpha value is -3.79. The van der Waals surface area contributed by atoms with Crippen LogP contribution in [0.3, 0.4) is 0 Å². The van der Waals surface area contributed by atoms with Crippen LogP contribution in [-0.4, -0.2) is 36.4 Å². The van der Waals surface area contributed by atoms with Crippen molar-refractivity contribution in [3.05, 3.63) is 94.1 Å². The minimum absolute atomic E-state index is 0.00685. The molecule has 0 heterocycles. The molecule has 10 heteroatoms. The minimum Gasteiger partial charge on any atom is -0.348 e. The van der Waals surface area contributed by atoms with Gasteiger partial charge in [0.1, 0.15) is 6.29 Å². The first-order valence-electron chi connectivity index (χ1n) is 10.7. The maximum atomic E-state index is 12.9. The standard InChI is InChI=1S/C25H23F3N2O5/c1-29(21-5-3-2-4-6-21)24(13-11-22(32)12-14-24)35-17-18(16-31)7-8-19-9-10-20(25(26,27)28)15-23(19)30(33)34/h2-6,9-16,18H,7-8,17H2,1H3. The SMILES string of the molecule is CN(c1ccccc1)C1(OCC(C=O)CCc2ccc(C(F)(F)F)cc2[N+](=O)[O-])C=CC(=O)C=C1. The number of halogens is 3. The van der Waals surface area contributed by atoms with Crippen molar-refractivity contribution in [1.82, 2.24) is 0 Å². The Labute approximate surface area is 199 Å². The van der Waals surface area contributed by atoms with Crippen LogP contribution in [0.25, 0.3) is 0 Å². The van der Waals surface area contributed by atoms with Gasteiger partial charge in [-0.2, -0.15) is 13.2 Å². The number of aldehydes is 1. The van der Waals surface area contributed by atoms with E-state index in [1.807, 2.05) is 30.3 Å². The topological polar surface area (TPSA) is 89.8 Å². The van der Waals surface area contributed by atoms with E-state index in [2.05, 4.69) is 0 Å². The minimum atomic E-state index is -4.70. The predicted molar refractivity (Wildman–Crippen MR) is 123 cm³/mol. The molecule has 0 aromatic heterocycles. The lowest BCUT2D eigenvalue weighted by atomic mass is 9.98. The highest BCUT2D eigenvalue weighted by Crippen LogP contribution is 2.34. The van der Waals surface area contributed by atoms with E-state index in [4.69, 9.17) is 4.74 Å². The molecule has 2 aromatic carbocycles. The Kier molecular flexibility index (Phi) is 7.85. The fraction of sp³-hybridized carbons (Fsp3) is 0.280. The highest BCUT2D eigenvalue weighted by atomic mass is 19.4. The van der Waals surface area contributed by atoms with E-state index in [0.29, 0.717) is 12.4 Å². The van der Waals surface area contributed by atoms with Gasteiger partial charge in [0.05, 0.1) is 17.1 Å². The van der Waals surface area contributed by atoms with Crippen molar-refractivity contribution in [2.75, 3.05) is 18.6 Å². The zero-order valence-corrected chi connectivity index (χ0v) is 18.8. The van der Waals surface area contributed by atoms with Crippen LogP contribution in [0.5, 0.6) is 0 Å².